The zero-order valence-corrected chi connectivity index (χ0v) is 9.56. The van der Waals surface area contributed by atoms with Crippen molar-refractivity contribution in [3.8, 4) is 0 Å². The lowest BCUT2D eigenvalue weighted by atomic mass is 9.98. The lowest BCUT2D eigenvalue weighted by Crippen LogP contribution is -2.32. The summed E-state index contributed by atoms with van der Waals surface area (Å²) < 4.78 is 0. The van der Waals surface area contributed by atoms with Crippen molar-refractivity contribution in [2.45, 2.75) is 32.6 Å². The zero-order chi connectivity index (χ0) is 9.97. The summed E-state index contributed by atoms with van der Waals surface area (Å²) in [6, 6.07) is 0. The van der Waals surface area contributed by atoms with Gasteiger partial charge in [-0.2, -0.15) is 0 Å². The van der Waals surface area contributed by atoms with E-state index in [1.807, 2.05) is 0 Å². The molecule has 1 nitrogen and oxygen atoms in total. The lowest BCUT2D eigenvalue weighted by molar-refractivity contribution is 0.242. The molecule has 0 aromatic heterocycles. The molecule has 0 N–H and O–H groups in total. The molecule has 2 aliphatic rings. The predicted molar refractivity (Wildman–Crippen MR) is 61.2 cm³/mol. The molecule has 1 heterocycles. The molecule has 0 aromatic carbocycles. The maximum absolute atomic E-state index is 6.05. The molecule has 0 amide bonds. The molecular formula is C12H18ClN. The van der Waals surface area contributed by atoms with E-state index in [4.69, 9.17) is 11.6 Å². The third kappa shape index (κ3) is 2.33. The molecule has 1 fully saturated rings. The van der Waals surface area contributed by atoms with Gasteiger partial charge < -0.3 is 4.90 Å². The van der Waals surface area contributed by atoms with Crippen LogP contribution in [0.4, 0.5) is 0 Å². The van der Waals surface area contributed by atoms with E-state index in [1.54, 1.807) is 0 Å². The minimum atomic E-state index is 0.898. The second-order valence-corrected chi connectivity index (χ2v) is 4.91. The third-order valence-electron chi connectivity index (χ3n) is 3.19. The highest BCUT2D eigenvalue weighted by molar-refractivity contribution is 6.29. The summed E-state index contributed by atoms with van der Waals surface area (Å²) in [5, 5.41) is 1.01. The molecule has 0 saturated carbocycles. The average Bonchev–Trinajstić information content (AvgIpc) is 2.19. The molecule has 2 heteroatoms. The van der Waals surface area contributed by atoms with Gasteiger partial charge in [0.1, 0.15) is 0 Å². The predicted octanol–water partition coefficient (Wildman–Crippen LogP) is 3.52. The quantitative estimate of drug-likeness (QED) is 0.642. The Morgan fingerprint density at radius 3 is 2.71 bits per heavy atom. The van der Waals surface area contributed by atoms with E-state index in [2.05, 4.69) is 24.0 Å². The topological polar surface area (TPSA) is 3.24 Å². The van der Waals surface area contributed by atoms with Gasteiger partial charge in [0.15, 0.2) is 0 Å². The molecule has 0 bridgehead atoms. The fourth-order valence-electron chi connectivity index (χ4n) is 2.14. The maximum atomic E-state index is 6.05. The summed E-state index contributed by atoms with van der Waals surface area (Å²) in [4.78, 5) is 2.47. The molecule has 1 aliphatic heterocycles. The van der Waals surface area contributed by atoms with Crippen molar-refractivity contribution in [3.63, 3.8) is 0 Å². The Morgan fingerprint density at radius 2 is 2.07 bits per heavy atom. The lowest BCUT2D eigenvalue weighted by Gasteiger charge is -2.33. The number of hydrogen-bond acceptors (Lipinski definition) is 1. The molecule has 0 radical (unpaired) electrons. The highest BCUT2D eigenvalue weighted by Crippen LogP contribution is 2.26. The molecule has 2 rings (SSSR count). The Bertz CT molecular complexity index is 259. The van der Waals surface area contributed by atoms with Gasteiger partial charge in [-0.25, -0.2) is 0 Å². The number of piperidine rings is 1. The summed E-state index contributed by atoms with van der Waals surface area (Å²) in [5.41, 5.74) is 1.35. The van der Waals surface area contributed by atoms with Gasteiger partial charge in [0, 0.05) is 23.8 Å². The van der Waals surface area contributed by atoms with E-state index in [0.717, 1.165) is 23.8 Å². The first-order valence-electron chi connectivity index (χ1n) is 5.57. The van der Waals surface area contributed by atoms with Crippen molar-refractivity contribution >= 4 is 11.6 Å². The van der Waals surface area contributed by atoms with Gasteiger partial charge in [-0.15, -0.1) is 0 Å². The fraction of sp³-hybridized carbons (Fsp3) is 0.667. The summed E-state index contributed by atoms with van der Waals surface area (Å²) in [6.07, 6.45) is 9.24. The Hall–Kier alpha value is -0.430. The van der Waals surface area contributed by atoms with E-state index in [-0.39, 0.29) is 0 Å². The number of halogens is 1. The zero-order valence-electron chi connectivity index (χ0n) is 8.80. The van der Waals surface area contributed by atoms with E-state index in [1.165, 1.54) is 31.6 Å². The normalized spacial score (nSPS) is 24.6. The SMILES string of the molecule is CC1CCN(C2=CCCC(Cl)=C2)CC1. The Labute approximate surface area is 91.4 Å². The summed E-state index contributed by atoms with van der Waals surface area (Å²) in [6.45, 7) is 4.75. The molecule has 14 heavy (non-hydrogen) atoms. The smallest absolute Gasteiger partial charge is 0.0337 e. The minimum Gasteiger partial charge on any atom is -0.372 e. The highest BCUT2D eigenvalue weighted by atomic mass is 35.5. The highest BCUT2D eigenvalue weighted by Gasteiger charge is 2.17. The molecule has 0 spiro atoms. The van der Waals surface area contributed by atoms with Crippen LogP contribution in [0.5, 0.6) is 0 Å². The first-order valence-corrected chi connectivity index (χ1v) is 5.94. The van der Waals surface area contributed by atoms with Crippen LogP contribution in [0.3, 0.4) is 0 Å². The Morgan fingerprint density at radius 1 is 1.36 bits per heavy atom. The van der Waals surface area contributed by atoms with E-state index >= 15 is 0 Å². The summed E-state index contributed by atoms with van der Waals surface area (Å²) in [7, 11) is 0. The van der Waals surface area contributed by atoms with Crippen LogP contribution in [-0.2, 0) is 0 Å². The average molecular weight is 212 g/mol. The molecule has 0 atom stereocenters. The van der Waals surface area contributed by atoms with Gasteiger partial charge in [0.2, 0.25) is 0 Å². The first-order chi connectivity index (χ1) is 6.75. The molecule has 0 unspecified atom stereocenters. The summed E-state index contributed by atoms with van der Waals surface area (Å²) in [5.74, 6) is 0.898. The van der Waals surface area contributed by atoms with E-state index in [9.17, 15) is 0 Å². The van der Waals surface area contributed by atoms with Crippen molar-refractivity contribution in [3.05, 3.63) is 22.9 Å². The van der Waals surface area contributed by atoms with Crippen LogP contribution in [0.2, 0.25) is 0 Å². The van der Waals surface area contributed by atoms with Gasteiger partial charge in [-0.05, 0) is 37.7 Å². The van der Waals surface area contributed by atoms with Crippen LogP contribution < -0.4 is 0 Å². The van der Waals surface area contributed by atoms with Crippen molar-refractivity contribution < 1.29 is 0 Å². The number of likely N-dealkylation sites (tertiary alicyclic amines) is 1. The van der Waals surface area contributed by atoms with Gasteiger partial charge in [-0.3, -0.25) is 0 Å². The molecule has 78 valence electrons. The standard InChI is InChI=1S/C12H18ClN/c1-10-5-7-14(8-6-10)12-4-2-3-11(13)9-12/h4,9-10H,2-3,5-8H2,1H3. The van der Waals surface area contributed by atoms with Crippen LogP contribution in [0, 0.1) is 5.92 Å². The molecule has 0 aromatic rings. The van der Waals surface area contributed by atoms with E-state index < -0.39 is 0 Å². The van der Waals surface area contributed by atoms with Crippen LogP contribution in [0.1, 0.15) is 32.6 Å². The largest absolute Gasteiger partial charge is 0.372 e. The Kier molecular flexibility index (Phi) is 3.17. The Balaban J connectivity index is 1.98. The van der Waals surface area contributed by atoms with Crippen LogP contribution >= 0.6 is 11.6 Å². The van der Waals surface area contributed by atoms with Crippen molar-refractivity contribution in [2.24, 2.45) is 5.92 Å². The molecular weight excluding hydrogens is 194 g/mol. The number of rotatable bonds is 1. The van der Waals surface area contributed by atoms with Crippen molar-refractivity contribution in [1.82, 2.24) is 4.90 Å². The van der Waals surface area contributed by atoms with Gasteiger partial charge >= 0.3 is 0 Å². The van der Waals surface area contributed by atoms with Crippen molar-refractivity contribution in [2.75, 3.05) is 13.1 Å². The summed E-state index contributed by atoms with van der Waals surface area (Å²) >= 11 is 6.05. The van der Waals surface area contributed by atoms with E-state index in [0.29, 0.717) is 0 Å². The van der Waals surface area contributed by atoms with Gasteiger partial charge in [0.25, 0.3) is 0 Å². The van der Waals surface area contributed by atoms with Crippen LogP contribution in [-0.4, -0.2) is 18.0 Å². The number of allylic oxidation sites excluding steroid dienone is 3. The van der Waals surface area contributed by atoms with Gasteiger partial charge in [0.05, 0.1) is 0 Å². The van der Waals surface area contributed by atoms with Crippen molar-refractivity contribution in [1.29, 1.82) is 0 Å². The molecule has 1 aliphatic carbocycles. The van der Waals surface area contributed by atoms with Crippen LogP contribution in [0.15, 0.2) is 22.9 Å². The maximum Gasteiger partial charge on any atom is 0.0337 e. The first kappa shape index (κ1) is 10.1. The number of nitrogens with zero attached hydrogens (tertiary/aromatic N) is 1. The number of hydrogen-bond donors (Lipinski definition) is 0. The second-order valence-electron chi connectivity index (χ2n) is 4.43. The molecule has 1 saturated heterocycles. The second kappa shape index (κ2) is 4.39. The third-order valence-corrected chi connectivity index (χ3v) is 3.49. The fourth-order valence-corrected chi connectivity index (χ4v) is 2.36. The monoisotopic (exact) mass is 211 g/mol. The minimum absolute atomic E-state index is 0.898. The van der Waals surface area contributed by atoms with Gasteiger partial charge in [-0.1, -0.05) is 24.6 Å². The van der Waals surface area contributed by atoms with Crippen LogP contribution in [0.25, 0.3) is 0 Å².